The molecule has 0 unspecified atom stereocenters. The first kappa shape index (κ1) is 22.9. The van der Waals surface area contributed by atoms with Gasteiger partial charge in [0.15, 0.2) is 20.8 Å². The molecule has 1 aliphatic heterocycles. The molecule has 7 nitrogen and oxygen atoms in total. The van der Waals surface area contributed by atoms with E-state index < -0.39 is 21.0 Å². The molecule has 1 saturated carbocycles. The van der Waals surface area contributed by atoms with Crippen molar-refractivity contribution in [2.45, 2.75) is 54.7 Å². The first-order valence-corrected chi connectivity index (χ1v) is 13.7. The van der Waals surface area contributed by atoms with Gasteiger partial charge in [0.25, 0.3) is 0 Å². The topological polar surface area (TPSA) is 91.2 Å². The van der Waals surface area contributed by atoms with E-state index in [1.807, 2.05) is 0 Å². The van der Waals surface area contributed by atoms with Gasteiger partial charge in [-0.1, -0.05) is 22.9 Å². The normalized spacial score (nSPS) is 18.6. The average molecular weight is 512 g/mol. The molecule has 0 amide bonds. The predicted octanol–water partition coefficient (Wildman–Crippen LogP) is 4.39. The molecule has 2 aliphatic rings. The molecule has 5 rings (SSSR count). The number of ether oxygens (including phenoxy) is 1. The molecule has 1 aliphatic carbocycles. The highest BCUT2D eigenvalue weighted by molar-refractivity contribution is 7.92. The number of aromatic nitrogens is 3. The molecule has 2 aromatic heterocycles. The summed E-state index contributed by atoms with van der Waals surface area (Å²) in [6, 6.07) is 2.48. The smallest absolute Gasteiger partial charge is 0.196 e. The first-order valence-electron chi connectivity index (χ1n) is 10.9. The van der Waals surface area contributed by atoms with Gasteiger partial charge in [0, 0.05) is 23.6 Å². The Kier molecular flexibility index (Phi) is 6.28. The van der Waals surface area contributed by atoms with E-state index >= 15 is 0 Å². The van der Waals surface area contributed by atoms with Gasteiger partial charge >= 0.3 is 0 Å². The molecule has 0 bridgehead atoms. The van der Waals surface area contributed by atoms with E-state index in [9.17, 15) is 17.6 Å². The molecule has 33 heavy (non-hydrogen) atoms. The number of thiazole rings is 1. The van der Waals surface area contributed by atoms with Crippen LogP contribution >= 0.6 is 22.9 Å². The molecule has 1 saturated heterocycles. The van der Waals surface area contributed by atoms with E-state index in [2.05, 4.69) is 10.1 Å². The van der Waals surface area contributed by atoms with Gasteiger partial charge in [0.2, 0.25) is 0 Å². The number of nitrogens with zero attached hydrogens (tertiary/aromatic N) is 3. The molecule has 1 atom stereocenters. The van der Waals surface area contributed by atoms with Crippen LogP contribution in [0.5, 0.6) is 0 Å². The molecule has 176 valence electrons. The molecular formula is C22H23ClFN3O4S2. The van der Waals surface area contributed by atoms with Gasteiger partial charge in [-0.3, -0.25) is 9.48 Å². The van der Waals surface area contributed by atoms with Gasteiger partial charge < -0.3 is 4.74 Å². The van der Waals surface area contributed by atoms with E-state index in [0.717, 1.165) is 30.4 Å². The van der Waals surface area contributed by atoms with E-state index in [4.69, 9.17) is 16.3 Å². The van der Waals surface area contributed by atoms with Crippen molar-refractivity contribution in [3.63, 3.8) is 0 Å². The molecule has 0 spiro atoms. The van der Waals surface area contributed by atoms with Crippen LogP contribution in [0.4, 0.5) is 4.39 Å². The fourth-order valence-electron chi connectivity index (χ4n) is 4.42. The van der Waals surface area contributed by atoms with E-state index in [-0.39, 0.29) is 33.3 Å². The summed E-state index contributed by atoms with van der Waals surface area (Å²) in [6.07, 6.45) is 6.07. The number of carbonyl (C=O) groups excluding carboxylic acids is 1. The second-order valence-corrected chi connectivity index (χ2v) is 12.4. The highest BCUT2D eigenvalue weighted by Gasteiger charge is 2.39. The van der Waals surface area contributed by atoms with Crippen LogP contribution in [0.3, 0.4) is 0 Å². The average Bonchev–Trinajstić information content (AvgIpc) is 3.47. The third-order valence-electron chi connectivity index (χ3n) is 6.33. The van der Waals surface area contributed by atoms with Crippen molar-refractivity contribution in [2.75, 3.05) is 13.2 Å². The Bertz CT molecular complexity index is 1300. The number of benzene rings is 1. The Morgan fingerprint density at radius 2 is 2.00 bits per heavy atom. The summed E-state index contributed by atoms with van der Waals surface area (Å²) >= 11 is 7.19. The van der Waals surface area contributed by atoms with Crippen LogP contribution in [0, 0.1) is 11.0 Å². The standard InChI is InChI=1S/C22H23ClFN3O4S2/c23-14-8-17-16(20(9-14)33(29,30)15-1-2-15)11-26-27(17)18(7-13-3-5-31-6-4-13)19(28)10-22-25-12-21(24)32-22/h8-9,11-13,15,18H,1-7,10H2/t18-/m1/s1. The Labute approximate surface area is 199 Å². The highest BCUT2D eigenvalue weighted by Crippen LogP contribution is 2.39. The van der Waals surface area contributed by atoms with Crippen molar-refractivity contribution < 1.29 is 22.3 Å². The van der Waals surface area contributed by atoms with Crippen LogP contribution in [0.25, 0.3) is 10.9 Å². The van der Waals surface area contributed by atoms with Gasteiger partial charge in [0.1, 0.15) is 11.0 Å². The minimum atomic E-state index is -3.51. The molecule has 1 aromatic carbocycles. The van der Waals surface area contributed by atoms with Gasteiger partial charge in [0.05, 0.1) is 34.5 Å². The summed E-state index contributed by atoms with van der Waals surface area (Å²) in [5.74, 6) is 0.112. The number of Topliss-reactive ketones (excluding diaryl/α,β-unsaturated/α-hetero) is 1. The Morgan fingerprint density at radius 3 is 2.67 bits per heavy atom. The van der Waals surface area contributed by atoms with E-state index in [1.165, 1.54) is 12.3 Å². The van der Waals surface area contributed by atoms with E-state index in [0.29, 0.717) is 48.4 Å². The molecule has 0 N–H and O–H groups in total. The van der Waals surface area contributed by atoms with Gasteiger partial charge in [-0.05, 0) is 50.2 Å². The van der Waals surface area contributed by atoms with Crippen LogP contribution in [0.15, 0.2) is 29.4 Å². The first-order chi connectivity index (χ1) is 15.8. The lowest BCUT2D eigenvalue weighted by molar-refractivity contribution is -0.122. The lowest BCUT2D eigenvalue weighted by Gasteiger charge is -2.26. The minimum absolute atomic E-state index is 0.0162. The highest BCUT2D eigenvalue weighted by atomic mass is 35.5. The monoisotopic (exact) mass is 511 g/mol. The summed E-state index contributed by atoms with van der Waals surface area (Å²) in [5.41, 5.74) is 0.512. The summed E-state index contributed by atoms with van der Waals surface area (Å²) in [4.78, 5) is 17.6. The third-order valence-corrected chi connectivity index (χ3v) is 9.63. The number of rotatable bonds is 8. The zero-order valence-electron chi connectivity index (χ0n) is 17.7. The maximum absolute atomic E-state index is 13.4. The predicted molar refractivity (Wildman–Crippen MR) is 123 cm³/mol. The van der Waals surface area contributed by atoms with Crippen LogP contribution in [0.1, 0.15) is 43.2 Å². The van der Waals surface area contributed by atoms with Crippen molar-refractivity contribution >= 4 is 49.5 Å². The van der Waals surface area contributed by atoms with E-state index in [1.54, 1.807) is 10.7 Å². The van der Waals surface area contributed by atoms with Crippen LogP contribution < -0.4 is 0 Å². The SMILES string of the molecule is O=C(Cc1ncc(F)s1)[C@@H](CC1CCOCC1)n1ncc2c(S(=O)(=O)C3CC3)cc(Cl)cc21. The Morgan fingerprint density at radius 1 is 1.24 bits per heavy atom. The third kappa shape index (κ3) is 4.71. The zero-order chi connectivity index (χ0) is 23.2. The second kappa shape index (κ2) is 9.05. The summed E-state index contributed by atoms with van der Waals surface area (Å²) in [6.45, 7) is 1.28. The quantitative estimate of drug-likeness (QED) is 0.445. The summed E-state index contributed by atoms with van der Waals surface area (Å²) in [5, 5.41) is 4.80. The van der Waals surface area contributed by atoms with Crippen molar-refractivity contribution in [3.8, 4) is 0 Å². The van der Waals surface area contributed by atoms with Crippen LogP contribution in [-0.4, -0.2) is 47.4 Å². The zero-order valence-corrected chi connectivity index (χ0v) is 20.1. The van der Waals surface area contributed by atoms with Crippen LogP contribution in [-0.2, 0) is 25.8 Å². The van der Waals surface area contributed by atoms with Crippen molar-refractivity contribution in [3.05, 3.63) is 39.7 Å². The Balaban J connectivity index is 1.55. The van der Waals surface area contributed by atoms with Gasteiger partial charge in [-0.2, -0.15) is 9.49 Å². The number of fused-ring (bicyclic) bond motifs is 1. The molecule has 3 heterocycles. The number of hydrogen-bond acceptors (Lipinski definition) is 7. The van der Waals surface area contributed by atoms with Crippen molar-refractivity contribution in [2.24, 2.45) is 5.92 Å². The fraction of sp³-hybridized carbons (Fsp3) is 0.500. The van der Waals surface area contributed by atoms with Gasteiger partial charge in [-0.25, -0.2) is 13.4 Å². The van der Waals surface area contributed by atoms with Gasteiger partial charge in [-0.15, -0.1) is 0 Å². The van der Waals surface area contributed by atoms with Crippen LogP contribution in [0.2, 0.25) is 5.02 Å². The number of halogens is 2. The number of ketones is 1. The maximum Gasteiger partial charge on any atom is 0.196 e. The molecule has 11 heteroatoms. The molecule has 3 aromatic rings. The lowest BCUT2D eigenvalue weighted by Crippen LogP contribution is -2.27. The van der Waals surface area contributed by atoms with Crippen molar-refractivity contribution in [1.29, 1.82) is 0 Å². The maximum atomic E-state index is 13.4. The molecule has 2 fully saturated rings. The fourth-order valence-corrected chi connectivity index (χ4v) is 7.22. The summed E-state index contributed by atoms with van der Waals surface area (Å²) < 4.78 is 46.5. The summed E-state index contributed by atoms with van der Waals surface area (Å²) in [7, 11) is -3.51. The number of sulfone groups is 1. The Hall–Kier alpha value is -1.88. The largest absolute Gasteiger partial charge is 0.381 e. The molecule has 0 radical (unpaired) electrons. The number of hydrogen-bond donors (Lipinski definition) is 0. The second-order valence-electron chi connectivity index (χ2n) is 8.68. The minimum Gasteiger partial charge on any atom is -0.381 e. The lowest BCUT2D eigenvalue weighted by atomic mass is 9.90. The number of carbonyl (C=O) groups is 1. The molecular weight excluding hydrogens is 489 g/mol. The van der Waals surface area contributed by atoms with Crippen molar-refractivity contribution in [1.82, 2.24) is 14.8 Å².